The zero-order valence-electron chi connectivity index (χ0n) is 10.6. The van der Waals surface area contributed by atoms with E-state index in [1.165, 1.54) is 28.0 Å². The van der Waals surface area contributed by atoms with E-state index in [1.807, 2.05) is 17.4 Å². The molecule has 18 heavy (non-hydrogen) atoms. The molecule has 1 nitrogen and oxygen atoms in total. The van der Waals surface area contributed by atoms with Gasteiger partial charge in [-0.3, -0.25) is 0 Å². The minimum Gasteiger partial charge on any atom is -0.309 e. The molecule has 96 valence electrons. The molecular weight excluding hydrogens is 245 g/mol. The van der Waals surface area contributed by atoms with Crippen LogP contribution in [0.4, 0.5) is 4.39 Å². The lowest BCUT2D eigenvalue weighted by Gasteiger charge is -2.04. The molecule has 0 spiro atoms. The van der Waals surface area contributed by atoms with Crippen LogP contribution in [0.2, 0.25) is 0 Å². The van der Waals surface area contributed by atoms with Gasteiger partial charge in [0.05, 0.1) is 0 Å². The lowest BCUT2D eigenvalue weighted by atomic mass is 10.1. The molecular formula is C15H18FNS. The first-order valence-electron chi connectivity index (χ1n) is 6.71. The number of fused-ring (bicyclic) bond motifs is 1. The fourth-order valence-corrected chi connectivity index (χ4v) is 3.55. The highest BCUT2D eigenvalue weighted by atomic mass is 32.1. The van der Waals surface area contributed by atoms with E-state index in [1.54, 1.807) is 12.1 Å². The summed E-state index contributed by atoms with van der Waals surface area (Å²) < 4.78 is 14.6. The quantitative estimate of drug-likeness (QED) is 0.850. The number of rotatable bonds is 5. The fraction of sp³-hybridized carbons (Fsp3) is 0.467. The topological polar surface area (TPSA) is 12.0 Å². The van der Waals surface area contributed by atoms with E-state index < -0.39 is 0 Å². The van der Waals surface area contributed by atoms with Crippen LogP contribution < -0.4 is 5.32 Å². The van der Waals surface area contributed by atoms with E-state index in [2.05, 4.69) is 12.2 Å². The minimum absolute atomic E-state index is 0.126. The van der Waals surface area contributed by atoms with E-state index in [0.29, 0.717) is 0 Å². The fourth-order valence-electron chi connectivity index (χ4n) is 2.36. The predicted octanol–water partition coefficient (Wildman–Crippen LogP) is 4.24. The van der Waals surface area contributed by atoms with Gasteiger partial charge in [-0.1, -0.05) is 13.3 Å². The first-order chi connectivity index (χ1) is 8.78. The normalized spacial score (nSPS) is 15.4. The second-order valence-electron chi connectivity index (χ2n) is 5.05. The average molecular weight is 263 g/mol. The highest BCUT2D eigenvalue weighted by Crippen LogP contribution is 2.33. The number of hydrogen-bond acceptors (Lipinski definition) is 2. The maximum atomic E-state index is 13.4. The van der Waals surface area contributed by atoms with Crippen molar-refractivity contribution < 1.29 is 4.39 Å². The largest absolute Gasteiger partial charge is 0.309 e. The van der Waals surface area contributed by atoms with E-state index in [0.717, 1.165) is 30.8 Å². The number of aryl methyl sites for hydroxylation is 1. The summed E-state index contributed by atoms with van der Waals surface area (Å²) in [6, 6.07) is 5.89. The van der Waals surface area contributed by atoms with Crippen molar-refractivity contribution in [2.45, 2.75) is 45.2 Å². The Morgan fingerprint density at radius 1 is 1.39 bits per heavy atom. The molecule has 1 saturated carbocycles. The Balaban J connectivity index is 1.96. The van der Waals surface area contributed by atoms with Crippen molar-refractivity contribution in [2.24, 2.45) is 0 Å². The van der Waals surface area contributed by atoms with Crippen LogP contribution in [0.3, 0.4) is 0 Å². The molecule has 0 bridgehead atoms. The summed E-state index contributed by atoms with van der Waals surface area (Å²) in [5, 5.41) is 4.68. The Morgan fingerprint density at radius 2 is 2.22 bits per heavy atom. The Kier molecular flexibility index (Phi) is 3.35. The highest BCUT2D eigenvalue weighted by molar-refractivity contribution is 7.19. The molecule has 3 heteroatoms. The van der Waals surface area contributed by atoms with Crippen LogP contribution in [0.15, 0.2) is 18.2 Å². The number of benzene rings is 1. The molecule has 3 rings (SSSR count). The van der Waals surface area contributed by atoms with Gasteiger partial charge in [0.2, 0.25) is 0 Å². The molecule has 1 N–H and O–H groups in total. The third kappa shape index (κ3) is 2.43. The van der Waals surface area contributed by atoms with Gasteiger partial charge in [-0.25, -0.2) is 4.39 Å². The maximum absolute atomic E-state index is 13.4. The van der Waals surface area contributed by atoms with Crippen molar-refractivity contribution in [1.82, 2.24) is 5.32 Å². The molecule has 1 heterocycles. The molecule has 0 atom stereocenters. The zero-order valence-corrected chi connectivity index (χ0v) is 11.4. The molecule has 0 radical (unpaired) electrons. The Labute approximate surface area is 111 Å². The van der Waals surface area contributed by atoms with Crippen molar-refractivity contribution in [1.29, 1.82) is 0 Å². The zero-order chi connectivity index (χ0) is 12.5. The average Bonchev–Trinajstić information content (AvgIpc) is 3.13. The highest BCUT2D eigenvalue weighted by Gasteiger charge is 2.21. The SMILES string of the molecule is CCCc1c(CNC2CC2)sc2ccc(F)cc12. The van der Waals surface area contributed by atoms with Gasteiger partial charge in [-0.05, 0) is 48.4 Å². The lowest BCUT2D eigenvalue weighted by molar-refractivity contribution is 0.629. The smallest absolute Gasteiger partial charge is 0.123 e. The summed E-state index contributed by atoms with van der Waals surface area (Å²) in [6.45, 7) is 3.13. The summed E-state index contributed by atoms with van der Waals surface area (Å²) in [7, 11) is 0. The van der Waals surface area contributed by atoms with Crippen molar-refractivity contribution in [3.8, 4) is 0 Å². The van der Waals surface area contributed by atoms with Gasteiger partial charge in [-0.2, -0.15) is 0 Å². The summed E-state index contributed by atoms with van der Waals surface area (Å²) in [5.74, 6) is -0.126. The van der Waals surface area contributed by atoms with Gasteiger partial charge in [0, 0.05) is 22.2 Å². The van der Waals surface area contributed by atoms with E-state index in [9.17, 15) is 4.39 Å². The van der Waals surface area contributed by atoms with Crippen LogP contribution in [-0.2, 0) is 13.0 Å². The lowest BCUT2D eigenvalue weighted by Crippen LogP contribution is -2.15. The summed E-state index contributed by atoms with van der Waals surface area (Å²) in [5.41, 5.74) is 1.35. The third-order valence-corrected chi connectivity index (χ3v) is 4.68. The number of nitrogens with one attached hydrogen (secondary N) is 1. The summed E-state index contributed by atoms with van der Waals surface area (Å²) in [6.07, 6.45) is 4.77. The van der Waals surface area contributed by atoms with Gasteiger partial charge in [0.1, 0.15) is 5.82 Å². The van der Waals surface area contributed by atoms with Gasteiger partial charge >= 0.3 is 0 Å². The Bertz CT molecular complexity index is 557. The summed E-state index contributed by atoms with van der Waals surface area (Å²) >= 11 is 1.81. The van der Waals surface area contributed by atoms with E-state index >= 15 is 0 Å². The van der Waals surface area contributed by atoms with Crippen LogP contribution in [0, 0.1) is 5.82 Å². The molecule has 2 aromatic rings. The van der Waals surface area contributed by atoms with Crippen LogP contribution in [-0.4, -0.2) is 6.04 Å². The molecule has 1 aliphatic rings. The molecule has 1 fully saturated rings. The molecule has 0 amide bonds. The first kappa shape index (κ1) is 12.1. The maximum Gasteiger partial charge on any atom is 0.123 e. The second kappa shape index (κ2) is 4.98. The van der Waals surface area contributed by atoms with Crippen LogP contribution >= 0.6 is 11.3 Å². The van der Waals surface area contributed by atoms with Gasteiger partial charge in [-0.15, -0.1) is 11.3 Å². The monoisotopic (exact) mass is 263 g/mol. The number of hydrogen-bond donors (Lipinski definition) is 1. The molecule has 0 unspecified atom stereocenters. The minimum atomic E-state index is -0.126. The molecule has 0 aliphatic heterocycles. The van der Waals surface area contributed by atoms with E-state index in [4.69, 9.17) is 0 Å². The third-order valence-electron chi connectivity index (χ3n) is 3.47. The Morgan fingerprint density at radius 3 is 2.94 bits per heavy atom. The molecule has 1 aromatic carbocycles. The van der Waals surface area contributed by atoms with Crippen LogP contribution in [0.25, 0.3) is 10.1 Å². The number of halogens is 1. The summed E-state index contributed by atoms with van der Waals surface area (Å²) in [4.78, 5) is 1.39. The van der Waals surface area contributed by atoms with Crippen molar-refractivity contribution >= 4 is 21.4 Å². The predicted molar refractivity (Wildman–Crippen MR) is 75.6 cm³/mol. The number of thiophene rings is 1. The van der Waals surface area contributed by atoms with Crippen molar-refractivity contribution in [2.75, 3.05) is 0 Å². The molecule has 1 aliphatic carbocycles. The van der Waals surface area contributed by atoms with Gasteiger partial charge in [0.25, 0.3) is 0 Å². The van der Waals surface area contributed by atoms with Gasteiger partial charge < -0.3 is 5.32 Å². The van der Waals surface area contributed by atoms with Crippen molar-refractivity contribution in [3.63, 3.8) is 0 Å². The second-order valence-corrected chi connectivity index (χ2v) is 6.19. The van der Waals surface area contributed by atoms with Gasteiger partial charge in [0.15, 0.2) is 0 Å². The van der Waals surface area contributed by atoms with Crippen LogP contribution in [0.5, 0.6) is 0 Å². The Hall–Kier alpha value is -0.930. The van der Waals surface area contributed by atoms with E-state index in [-0.39, 0.29) is 5.82 Å². The van der Waals surface area contributed by atoms with Crippen molar-refractivity contribution in [3.05, 3.63) is 34.5 Å². The molecule has 1 aromatic heterocycles. The standard InChI is InChI=1S/C15H18FNS/c1-2-3-12-13-8-10(16)4-7-14(13)18-15(12)9-17-11-5-6-11/h4,7-8,11,17H,2-3,5-6,9H2,1H3. The van der Waals surface area contributed by atoms with Crippen LogP contribution in [0.1, 0.15) is 36.6 Å². The molecule has 0 saturated heterocycles. The first-order valence-corrected chi connectivity index (χ1v) is 7.52.